The molecule has 0 bridgehead atoms. The number of hydrogen-bond donors (Lipinski definition) is 2. The van der Waals surface area contributed by atoms with E-state index in [4.69, 9.17) is 34.8 Å². The maximum Gasteiger partial charge on any atom is 0.330 e. The third kappa shape index (κ3) is 4.16. The van der Waals surface area contributed by atoms with Gasteiger partial charge in [0.15, 0.2) is 6.17 Å². The van der Waals surface area contributed by atoms with Gasteiger partial charge in [-0.15, -0.1) is 0 Å². The fraction of sp³-hybridized carbons (Fsp3) is 0.214. The van der Waals surface area contributed by atoms with E-state index in [-0.39, 0.29) is 5.56 Å². The lowest BCUT2D eigenvalue weighted by Gasteiger charge is -2.27. The van der Waals surface area contributed by atoms with Gasteiger partial charge in [0.2, 0.25) is 3.79 Å². The van der Waals surface area contributed by atoms with Gasteiger partial charge < -0.3 is 5.32 Å². The first-order valence-electron chi connectivity index (χ1n) is 6.45. The van der Waals surface area contributed by atoms with Crippen molar-refractivity contribution >= 4 is 40.7 Å². The van der Waals surface area contributed by atoms with Crippen LogP contribution in [-0.2, 0) is 0 Å². The Labute approximate surface area is 146 Å². The fourth-order valence-corrected chi connectivity index (χ4v) is 2.36. The molecule has 0 spiro atoms. The highest BCUT2D eigenvalue weighted by molar-refractivity contribution is 6.67. The van der Waals surface area contributed by atoms with Crippen LogP contribution in [0.25, 0.3) is 0 Å². The number of nitrogens with zero attached hydrogens (tertiary/aromatic N) is 1. The van der Waals surface area contributed by atoms with Gasteiger partial charge in [-0.25, -0.2) is 4.79 Å². The van der Waals surface area contributed by atoms with Crippen LogP contribution in [0, 0.1) is 6.92 Å². The Bertz CT molecular complexity index is 825. The maximum absolute atomic E-state index is 12.3. The summed E-state index contributed by atoms with van der Waals surface area (Å²) in [6.07, 6.45) is -0.0813. The standard InChI is InChI=1S/C14H12Cl3N3O3/c1-8-7-20(13(23)19-10(8)21)12(14(15,16)17)18-11(22)9-5-3-2-4-6-9/h2-7,12H,1H3,(H,18,22)(H,19,21,23)/t12-/m0/s1. The van der Waals surface area contributed by atoms with Gasteiger partial charge in [0.05, 0.1) is 0 Å². The number of halogens is 3. The summed E-state index contributed by atoms with van der Waals surface area (Å²) in [7, 11) is 0. The Morgan fingerprint density at radius 1 is 1.22 bits per heavy atom. The Morgan fingerprint density at radius 3 is 2.39 bits per heavy atom. The second-order valence-electron chi connectivity index (χ2n) is 4.76. The van der Waals surface area contributed by atoms with Crippen LogP contribution in [0.15, 0.2) is 46.1 Å². The summed E-state index contributed by atoms with van der Waals surface area (Å²) in [5.41, 5.74) is -0.784. The third-order valence-electron chi connectivity index (χ3n) is 3.04. The summed E-state index contributed by atoms with van der Waals surface area (Å²) >= 11 is 17.7. The molecule has 0 aliphatic heterocycles. The number of nitrogens with one attached hydrogen (secondary N) is 2. The predicted octanol–water partition coefficient (Wildman–Crippen LogP) is 2.14. The number of H-pyrrole nitrogens is 1. The number of hydrogen-bond acceptors (Lipinski definition) is 3. The lowest BCUT2D eigenvalue weighted by atomic mass is 10.2. The van der Waals surface area contributed by atoms with Crippen molar-refractivity contribution in [3.05, 3.63) is 68.5 Å². The van der Waals surface area contributed by atoms with Crippen molar-refractivity contribution in [2.45, 2.75) is 16.9 Å². The molecule has 0 aliphatic carbocycles. The van der Waals surface area contributed by atoms with Gasteiger partial charge >= 0.3 is 5.69 Å². The maximum atomic E-state index is 12.3. The monoisotopic (exact) mass is 375 g/mol. The minimum absolute atomic E-state index is 0.234. The molecule has 9 heteroatoms. The summed E-state index contributed by atoms with van der Waals surface area (Å²) in [6.45, 7) is 1.49. The molecule has 6 nitrogen and oxygen atoms in total. The summed E-state index contributed by atoms with van der Waals surface area (Å²) in [4.78, 5) is 37.8. The lowest BCUT2D eigenvalue weighted by molar-refractivity contribution is 0.0919. The van der Waals surface area contributed by atoms with Crippen molar-refractivity contribution in [2.24, 2.45) is 0 Å². The molecule has 2 N–H and O–H groups in total. The molecule has 1 atom stereocenters. The molecule has 23 heavy (non-hydrogen) atoms. The summed E-state index contributed by atoms with van der Waals surface area (Å²) in [5, 5.41) is 2.48. The van der Waals surface area contributed by atoms with E-state index in [2.05, 4.69) is 10.3 Å². The van der Waals surface area contributed by atoms with E-state index in [1.54, 1.807) is 30.3 Å². The Kier molecular flexibility index (Phi) is 5.19. The highest BCUT2D eigenvalue weighted by Gasteiger charge is 2.36. The predicted molar refractivity (Wildman–Crippen MR) is 89.3 cm³/mol. The highest BCUT2D eigenvalue weighted by Crippen LogP contribution is 2.36. The lowest BCUT2D eigenvalue weighted by Crippen LogP contribution is -2.46. The number of carbonyl (C=O) groups excluding carboxylic acids is 1. The number of benzene rings is 1. The quantitative estimate of drug-likeness (QED) is 0.805. The Hall–Kier alpha value is -1.76. The topological polar surface area (TPSA) is 84.0 Å². The molecule has 1 aromatic carbocycles. The molecule has 0 saturated carbocycles. The van der Waals surface area contributed by atoms with E-state index in [9.17, 15) is 14.4 Å². The largest absolute Gasteiger partial charge is 0.330 e. The smallest absolute Gasteiger partial charge is 0.328 e. The molecule has 0 aliphatic rings. The van der Waals surface area contributed by atoms with Crippen molar-refractivity contribution in [3.8, 4) is 0 Å². The minimum Gasteiger partial charge on any atom is -0.328 e. The summed E-state index contributed by atoms with van der Waals surface area (Å²) < 4.78 is -1.05. The SMILES string of the molecule is Cc1cn([C@H](NC(=O)c2ccccc2)C(Cl)(Cl)Cl)c(=O)[nH]c1=O. The summed E-state index contributed by atoms with van der Waals surface area (Å²) in [5.74, 6) is -0.530. The zero-order chi connectivity index (χ0) is 17.2. The van der Waals surface area contributed by atoms with Crippen LogP contribution in [0.5, 0.6) is 0 Å². The zero-order valence-corrected chi connectivity index (χ0v) is 14.1. The van der Waals surface area contributed by atoms with Gasteiger partial charge in [0.25, 0.3) is 11.5 Å². The van der Waals surface area contributed by atoms with Crippen LogP contribution in [0.2, 0.25) is 0 Å². The van der Waals surface area contributed by atoms with Gasteiger partial charge in [0, 0.05) is 17.3 Å². The van der Waals surface area contributed by atoms with Crippen LogP contribution in [0.4, 0.5) is 0 Å². The van der Waals surface area contributed by atoms with Gasteiger partial charge in [-0.3, -0.25) is 19.1 Å². The van der Waals surface area contributed by atoms with Gasteiger partial charge in [-0.2, -0.15) is 0 Å². The van der Waals surface area contributed by atoms with Gasteiger partial charge in [-0.1, -0.05) is 53.0 Å². The average Bonchev–Trinajstić information content (AvgIpc) is 2.48. The first-order chi connectivity index (χ1) is 10.7. The van der Waals surface area contributed by atoms with E-state index in [1.165, 1.54) is 13.1 Å². The molecular weight excluding hydrogens is 365 g/mol. The number of aromatic amines is 1. The number of aryl methyl sites for hydroxylation is 1. The Morgan fingerprint density at radius 2 is 1.83 bits per heavy atom. The van der Waals surface area contributed by atoms with Crippen LogP contribution < -0.4 is 16.6 Å². The van der Waals surface area contributed by atoms with E-state index in [0.29, 0.717) is 5.56 Å². The number of carbonyl (C=O) groups is 1. The molecule has 0 saturated heterocycles. The van der Waals surface area contributed by atoms with Crippen LogP contribution in [0.1, 0.15) is 22.1 Å². The van der Waals surface area contributed by atoms with Crippen LogP contribution in [0.3, 0.4) is 0 Å². The first kappa shape index (κ1) is 17.6. The van der Waals surface area contributed by atoms with Crippen molar-refractivity contribution in [1.29, 1.82) is 0 Å². The van der Waals surface area contributed by atoms with Crippen LogP contribution in [-0.4, -0.2) is 19.3 Å². The molecule has 0 radical (unpaired) electrons. The minimum atomic E-state index is -2.01. The molecule has 0 unspecified atom stereocenters. The number of amides is 1. The van der Waals surface area contributed by atoms with Crippen molar-refractivity contribution < 1.29 is 4.79 Å². The van der Waals surface area contributed by atoms with Crippen molar-refractivity contribution in [3.63, 3.8) is 0 Å². The molecule has 1 heterocycles. The van der Waals surface area contributed by atoms with E-state index >= 15 is 0 Å². The fourth-order valence-electron chi connectivity index (χ4n) is 1.88. The number of alkyl halides is 3. The second kappa shape index (κ2) is 6.78. The normalized spacial score (nSPS) is 12.7. The molecule has 1 amide bonds. The van der Waals surface area contributed by atoms with Gasteiger partial charge in [0.1, 0.15) is 0 Å². The van der Waals surface area contributed by atoms with Crippen molar-refractivity contribution in [1.82, 2.24) is 14.9 Å². The third-order valence-corrected chi connectivity index (χ3v) is 3.66. The van der Waals surface area contributed by atoms with Crippen LogP contribution >= 0.6 is 34.8 Å². The number of aromatic nitrogens is 2. The molecule has 122 valence electrons. The molecule has 2 aromatic rings. The first-order valence-corrected chi connectivity index (χ1v) is 7.58. The number of rotatable bonds is 3. The molecule has 0 fully saturated rings. The van der Waals surface area contributed by atoms with E-state index < -0.39 is 27.1 Å². The summed E-state index contributed by atoms with van der Waals surface area (Å²) in [6, 6.07) is 8.25. The highest BCUT2D eigenvalue weighted by atomic mass is 35.6. The molecule has 1 aromatic heterocycles. The average molecular weight is 377 g/mol. The van der Waals surface area contributed by atoms with E-state index in [0.717, 1.165) is 4.57 Å². The van der Waals surface area contributed by atoms with Gasteiger partial charge in [-0.05, 0) is 19.1 Å². The molecule has 2 rings (SSSR count). The Balaban J connectivity index is 2.44. The van der Waals surface area contributed by atoms with Crippen molar-refractivity contribution in [2.75, 3.05) is 0 Å². The molecular formula is C14H12Cl3N3O3. The zero-order valence-electron chi connectivity index (χ0n) is 11.8. The van der Waals surface area contributed by atoms with E-state index in [1.807, 2.05) is 0 Å². The second-order valence-corrected chi connectivity index (χ2v) is 7.13.